The molecule has 3 aliphatic heterocycles. The lowest BCUT2D eigenvalue weighted by Gasteiger charge is -2.41. The number of aliphatic hydroxyl groups excluding tert-OH is 1. The number of rotatable bonds is 10. The molecule has 1 spiro atoms. The second-order valence-electron chi connectivity index (χ2n) is 10.1. The van der Waals surface area contributed by atoms with E-state index in [1.807, 2.05) is 44.2 Å². The van der Waals surface area contributed by atoms with Crippen LogP contribution in [0.4, 0.5) is 0 Å². The van der Waals surface area contributed by atoms with Crippen LogP contribution in [0.1, 0.15) is 32.8 Å². The van der Waals surface area contributed by atoms with Gasteiger partial charge in [0.2, 0.25) is 11.8 Å². The van der Waals surface area contributed by atoms with Crippen molar-refractivity contribution in [2.24, 2.45) is 11.8 Å². The van der Waals surface area contributed by atoms with Crippen molar-refractivity contribution in [1.82, 2.24) is 9.80 Å². The molecule has 3 unspecified atom stereocenters. The molecule has 1 aromatic rings. The van der Waals surface area contributed by atoms with Crippen LogP contribution in [0.25, 0.3) is 0 Å². The summed E-state index contributed by atoms with van der Waals surface area (Å²) in [6.07, 6.45) is 2.69. The number of fused-ring (bicyclic) bond motifs is 1. The summed E-state index contributed by atoms with van der Waals surface area (Å²) in [7, 11) is 0. The average Bonchev–Trinajstić information content (AvgIpc) is 3.44. The number of ether oxygens (including phenoxy) is 1. The van der Waals surface area contributed by atoms with Gasteiger partial charge < -0.3 is 19.6 Å². The van der Waals surface area contributed by atoms with Gasteiger partial charge in [0.1, 0.15) is 6.04 Å². The van der Waals surface area contributed by atoms with E-state index in [2.05, 4.69) is 22.5 Å². The van der Waals surface area contributed by atoms with Gasteiger partial charge in [-0.15, -0.1) is 18.3 Å². The van der Waals surface area contributed by atoms with Crippen LogP contribution in [0.15, 0.2) is 43.0 Å². The summed E-state index contributed by atoms with van der Waals surface area (Å²) in [5.74, 6) is -2.09. The lowest BCUT2D eigenvalue weighted by atomic mass is 9.71. The Morgan fingerprint density at radius 1 is 1.36 bits per heavy atom. The molecule has 1 aromatic carbocycles. The number of carbonyl (C=O) groups is 3. The van der Waals surface area contributed by atoms with Gasteiger partial charge in [0.05, 0.1) is 35.8 Å². The molecule has 4 rings (SSSR count). The number of benzene rings is 1. The number of carbonyl (C=O) groups excluding carboxylic acids is 3. The van der Waals surface area contributed by atoms with Gasteiger partial charge in [0, 0.05) is 22.7 Å². The third-order valence-electron chi connectivity index (χ3n) is 7.67. The Morgan fingerprint density at radius 2 is 2.06 bits per heavy atom. The first kappa shape index (κ1) is 27.2. The molecule has 3 heterocycles. The van der Waals surface area contributed by atoms with Crippen molar-refractivity contribution in [2.45, 2.75) is 66.6 Å². The molecule has 2 amide bonds. The van der Waals surface area contributed by atoms with Crippen LogP contribution >= 0.6 is 27.7 Å². The highest BCUT2D eigenvalue weighted by molar-refractivity contribution is 9.09. The third-order valence-corrected chi connectivity index (χ3v) is 10.9. The number of alkyl halides is 1. The monoisotopic (exact) mass is 578 g/mol. The van der Waals surface area contributed by atoms with E-state index >= 15 is 0 Å². The van der Waals surface area contributed by atoms with Crippen LogP contribution in [0, 0.1) is 11.8 Å². The van der Waals surface area contributed by atoms with Crippen LogP contribution in [0.2, 0.25) is 0 Å². The fraction of sp³-hybridized carbons (Fsp3) is 0.593. The number of hydrogen-bond acceptors (Lipinski definition) is 6. The topological polar surface area (TPSA) is 87.2 Å². The van der Waals surface area contributed by atoms with E-state index in [0.717, 1.165) is 5.56 Å². The van der Waals surface area contributed by atoms with Gasteiger partial charge >= 0.3 is 5.97 Å². The minimum Gasteiger partial charge on any atom is -0.466 e. The predicted octanol–water partition coefficient (Wildman–Crippen LogP) is 3.04. The number of amides is 2. The zero-order valence-electron chi connectivity index (χ0n) is 21.0. The maximum Gasteiger partial charge on any atom is 0.310 e. The van der Waals surface area contributed by atoms with E-state index in [4.69, 9.17) is 4.74 Å². The van der Waals surface area contributed by atoms with Crippen molar-refractivity contribution in [2.75, 3.05) is 19.8 Å². The van der Waals surface area contributed by atoms with Gasteiger partial charge in [0.25, 0.3) is 0 Å². The number of esters is 1. The zero-order valence-corrected chi connectivity index (χ0v) is 23.4. The van der Waals surface area contributed by atoms with Crippen LogP contribution in [0.3, 0.4) is 0 Å². The highest BCUT2D eigenvalue weighted by Crippen LogP contribution is 2.68. The van der Waals surface area contributed by atoms with Crippen LogP contribution in [-0.2, 0) is 25.5 Å². The lowest BCUT2D eigenvalue weighted by Crippen LogP contribution is -2.59. The summed E-state index contributed by atoms with van der Waals surface area (Å²) in [6.45, 7) is 9.76. The number of nitrogens with zero attached hydrogens (tertiary/aromatic N) is 2. The number of halogens is 1. The second-order valence-corrected chi connectivity index (χ2v) is 12.8. The van der Waals surface area contributed by atoms with Crippen molar-refractivity contribution >= 4 is 45.5 Å². The fourth-order valence-electron chi connectivity index (χ4n) is 6.24. The smallest absolute Gasteiger partial charge is 0.310 e. The van der Waals surface area contributed by atoms with E-state index in [1.165, 1.54) is 0 Å². The quantitative estimate of drug-likeness (QED) is 0.261. The molecular weight excluding hydrogens is 544 g/mol. The van der Waals surface area contributed by atoms with Gasteiger partial charge in [-0.2, -0.15) is 0 Å². The minimum absolute atomic E-state index is 0.0233. The Bertz CT molecular complexity index is 1010. The first-order valence-corrected chi connectivity index (χ1v) is 14.4. The van der Waals surface area contributed by atoms with Gasteiger partial charge in [-0.1, -0.05) is 52.3 Å². The molecule has 7 atom stereocenters. The molecule has 0 aromatic heterocycles. The van der Waals surface area contributed by atoms with E-state index in [1.54, 1.807) is 34.6 Å². The van der Waals surface area contributed by atoms with Crippen molar-refractivity contribution in [1.29, 1.82) is 0 Å². The zero-order chi connectivity index (χ0) is 26.2. The Kier molecular flexibility index (Phi) is 8.22. The summed E-state index contributed by atoms with van der Waals surface area (Å²) in [6, 6.07) is 8.16. The second kappa shape index (κ2) is 10.9. The molecule has 3 fully saturated rings. The van der Waals surface area contributed by atoms with E-state index < -0.39 is 28.7 Å². The molecule has 1 N–H and O–H groups in total. The summed E-state index contributed by atoms with van der Waals surface area (Å²) >= 11 is 5.34. The van der Waals surface area contributed by atoms with Gasteiger partial charge in [0.15, 0.2) is 0 Å². The number of hydrogen-bond donors (Lipinski definition) is 1. The summed E-state index contributed by atoms with van der Waals surface area (Å²) in [5.41, 5.74) is 0.967. The average molecular weight is 580 g/mol. The maximum absolute atomic E-state index is 14.3. The molecule has 196 valence electrons. The molecule has 0 saturated carbocycles. The molecule has 7 nitrogen and oxygen atoms in total. The van der Waals surface area contributed by atoms with Crippen LogP contribution in [-0.4, -0.2) is 85.4 Å². The largest absolute Gasteiger partial charge is 0.466 e. The highest BCUT2D eigenvalue weighted by Gasteiger charge is 2.76. The SMILES string of the molecule is C=CCN(C(=O)C1N([C@@H](CO)Cc2ccccc2)C(=O)[C@@H]2[C@H](C(=O)OCC)[C@H]3SC12CC3Br)C(C)C. The normalized spacial score (nSPS) is 31.4. The molecule has 0 radical (unpaired) electrons. The maximum atomic E-state index is 14.3. The summed E-state index contributed by atoms with van der Waals surface area (Å²) < 4.78 is 4.64. The summed E-state index contributed by atoms with van der Waals surface area (Å²) in [4.78, 5) is 45.0. The van der Waals surface area contributed by atoms with Crippen LogP contribution in [0.5, 0.6) is 0 Å². The van der Waals surface area contributed by atoms with Crippen molar-refractivity contribution in [3.63, 3.8) is 0 Å². The van der Waals surface area contributed by atoms with Crippen molar-refractivity contribution in [3.05, 3.63) is 48.6 Å². The first-order valence-electron chi connectivity index (χ1n) is 12.6. The molecule has 2 bridgehead atoms. The summed E-state index contributed by atoms with van der Waals surface area (Å²) in [5, 5.41) is 10.4. The Balaban J connectivity index is 1.82. The Hall–Kier alpha value is -1.84. The van der Waals surface area contributed by atoms with E-state index in [-0.39, 0.29) is 47.1 Å². The lowest BCUT2D eigenvalue weighted by molar-refractivity contribution is -0.154. The Labute approximate surface area is 225 Å². The third kappa shape index (κ3) is 4.41. The van der Waals surface area contributed by atoms with Crippen molar-refractivity contribution in [3.8, 4) is 0 Å². The van der Waals surface area contributed by atoms with Crippen LogP contribution < -0.4 is 0 Å². The van der Waals surface area contributed by atoms with E-state index in [0.29, 0.717) is 19.4 Å². The van der Waals surface area contributed by atoms with Gasteiger partial charge in [-0.3, -0.25) is 14.4 Å². The molecule has 36 heavy (non-hydrogen) atoms. The number of thioether (sulfide) groups is 1. The molecule has 0 aliphatic carbocycles. The van der Waals surface area contributed by atoms with Gasteiger partial charge in [-0.25, -0.2) is 0 Å². The van der Waals surface area contributed by atoms with Crippen molar-refractivity contribution < 1.29 is 24.2 Å². The fourth-order valence-corrected chi connectivity index (χ4v) is 9.82. The van der Waals surface area contributed by atoms with Gasteiger partial charge in [-0.05, 0) is 39.2 Å². The predicted molar refractivity (Wildman–Crippen MR) is 144 cm³/mol. The molecule has 3 aliphatic rings. The minimum atomic E-state index is -0.798. The Morgan fingerprint density at radius 3 is 2.64 bits per heavy atom. The molecule has 9 heteroatoms. The molecule has 3 saturated heterocycles. The number of aliphatic hydroxyl groups is 1. The van der Waals surface area contributed by atoms with E-state index in [9.17, 15) is 19.5 Å². The highest BCUT2D eigenvalue weighted by atomic mass is 79.9. The number of likely N-dealkylation sites (tertiary alicyclic amines) is 1. The molecular formula is C27H35BrN2O5S. The first-order chi connectivity index (χ1) is 17.2. The standard InChI is InChI=1S/C27H35BrN2O5S/c1-5-12-29(16(3)4)25(33)23-27-14-19(28)22(36-27)20(26(34)35-6-2)21(27)24(32)30(23)18(15-31)13-17-10-8-7-9-11-17/h5,7-11,16,18-23,31H,1,6,12-15H2,2-4H3/t18-,19?,20+,21+,22+,23?,27?/m1/s1.